The van der Waals surface area contributed by atoms with Gasteiger partial charge in [-0.15, -0.1) is 0 Å². The molecule has 2 rings (SSSR count). The second kappa shape index (κ2) is 6.38. The Balaban J connectivity index is 2.09. The first kappa shape index (κ1) is 13.6. The minimum atomic E-state index is 0.226. The fourth-order valence-electron chi connectivity index (χ4n) is 2.64. The zero-order valence-electron chi connectivity index (χ0n) is 11.4. The largest absolute Gasteiger partial charge is 0.338 e. The molecule has 1 fully saturated rings. The summed E-state index contributed by atoms with van der Waals surface area (Å²) in [4.78, 5) is 14.0. The van der Waals surface area contributed by atoms with Gasteiger partial charge in [-0.25, -0.2) is 0 Å². The number of carbonyl (C=O) groups is 1. The maximum absolute atomic E-state index is 12.1. The fraction of sp³-hybridized carbons (Fsp3) is 0.500. The number of benzene rings is 1. The van der Waals surface area contributed by atoms with Crippen LogP contribution in [0.4, 0.5) is 0 Å². The van der Waals surface area contributed by atoms with Gasteiger partial charge in [-0.1, -0.05) is 31.5 Å². The van der Waals surface area contributed by atoms with Gasteiger partial charge in [-0.3, -0.25) is 4.79 Å². The Bertz CT molecular complexity index is 490. The summed E-state index contributed by atoms with van der Waals surface area (Å²) in [7, 11) is 0. The van der Waals surface area contributed by atoms with Crippen LogP contribution in [0.15, 0.2) is 24.3 Å². The third-order valence-corrected chi connectivity index (χ3v) is 4.00. The van der Waals surface area contributed by atoms with Crippen LogP contribution in [0, 0.1) is 17.2 Å². The van der Waals surface area contributed by atoms with Gasteiger partial charge in [0.2, 0.25) is 5.91 Å². The molecule has 1 atom stereocenters. The monoisotopic (exact) mass is 256 g/mol. The average Bonchev–Trinajstić information content (AvgIpc) is 2.62. The number of rotatable bonds is 3. The molecule has 0 aromatic heterocycles. The standard InChI is InChI=1S/C16H20N2O/c1-2-13-7-8-16(19)18(10-9-13)12-15-6-4-3-5-14(15)11-17/h3-6,13H,2,7-10,12H2,1H3. The Morgan fingerprint density at radius 1 is 1.37 bits per heavy atom. The molecule has 0 saturated carbocycles. The molecule has 0 spiro atoms. The van der Waals surface area contributed by atoms with Gasteiger partial charge in [0.25, 0.3) is 0 Å². The van der Waals surface area contributed by atoms with E-state index in [4.69, 9.17) is 5.26 Å². The van der Waals surface area contributed by atoms with Crippen LogP contribution >= 0.6 is 0 Å². The van der Waals surface area contributed by atoms with Crippen molar-refractivity contribution < 1.29 is 4.79 Å². The predicted octanol–water partition coefficient (Wildman–Crippen LogP) is 3.10. The average molecular weight is 256 g/mol. The predicted molar refractivity (Wildman–Crippen MR) is 74.2 cm³/mol. The molecular weight excluding hydrogens is 236 g/mol. The maximum atomic E-state index is 12.1. The van der Waals surface area contributed by atoms with Crippen molar-refractivity contribution >= 4 is 5.91 Å². The Morgan fingerprint density at radius 3 is 2.89 bits per heavy atom. The number of nitriles is 1. The van der Waals surface area contributed by atoms with Gasteiger partial charge in [0.05, 0.1) is 11.6 Å². The molecule has 19 heavy (non-hydrogen) atoms. The van der Waals surface area contributed by atoms with E-state index in [1.165, 1.54) is 0 Å². The van der Waals surface area contributed by atoms with Crippen molar-refractivity contribution in [1.29, 1.82) is 5.26 Å². The fourth-order valence-corrected chi connectivity index (χ4v) is 2.64. The summed E-state index contributed by atoms with van der Waals surface area (Å²) in [5.74, 6) is 0.892. The van der Waals surface area contributed by atoms with E-state index < -0.39 is 0 Å². The summed E-state index contributed by atoms with van der Waals surface area (Å²) >= 11 is 0. The summed E-state index contributed by atoms with van der Waals surface area (Å²) in [5.41, 5.74) is 1.62. The van der Waals surface area contributed by atoms with Gasteiger partial charge in [0, 0.05) is 19.5 Å². The number of hydrogen-bond donors (Lipinski definition) is 0. The van der Waals surface area contributed by atoms with Crippen LogP contribution in [0.3, 0.4) is 0 Å². The zero-order chi connectivity index (χ0) is 13.7. The highest BCUT2D eigenvalue weighted by Crippen LogP contribution is 2.22. The summed E-state index contributed by atoms with van der Waals surface area (Å²) in [6.45, 7) is 3.58. The number of amides is 1. The van der Waals surface area contributed by atoms with E-state index in [2.05, 4.69) is 13.0 Å². The molecule has 1 heterocycles. The topological polar surface area (TPSA) is 44.1 Å². The van der Waals surface area contributed by atoms with Crippen molar-refractivity contribution in [3.05, 3.63) is 35.4 Å². The summed E-state index contributed by atoms with van der Waals surface area (Å²) in [6.07, 6.45) is 3.88. The lowest BCUT2D eigenvalue weighted by Gasteiger charge is -2.21. The first-order chi connectivity index (χ1) is 9.24. The van der Waals surface area contributed by atoms with Crippen LogP contribution in [0.5, 0.6) is 0 Å². The van der Waals surface area contributed by atoms with Crippen LogP contribution in [0.25, 0.3) is 0 Å². The van der Waals surface area contributed by atoms with Crippen LogP contribution in [0.2, 0.25) is 0 Å². The van der Waals surface area contributed by atoms with Gasteiger partial charge >= 0.3 is 0 Å². The SMILES string of the molecule is CCC1CCC(=O)N(Cc2ccccc2C#N)CC1. The molecule has 1 saturated heterocycles. The van der Waals surface area contributed by atoms with Crippen molar-refractivity contribution in [2.24, 2.45) is 5.92 Å². The first-order valence-electron chi connectivity index (χ1n) is 7.00. The Labute approximate surface area is 114 Å². The second-order valence-electron chi connectivity index (χ2n) is 5.19. The molecule has 1 aliphatic rings. The Morgan fingerprint density at radius 2 is 2.16 bits per heavy atom. The van der Waals surface area contributed by atoms with E-state index >= 15 is 0 Å². The number of carbonyl (C=O) groups excluding carboxylic acids is 1. The quantitative estimate of drug-likeness (QED) is 0.834. The lowest BCUT2D eigenvalue weighted by Crippen LogP contribution is -2.30. The van der Waals surface area contributed by atoms with E-state index in [1.807, 2.05) is 29.2 Å². The van der Waals surface area contributed by atoms with E-state index in [9.17, 15) is 4.79 Å². The lowest BCUT2D eigenvalue weighted by molar-refractivity contribution is -0.131. The molecule has 1 aliphatic heterocycles. The molecule has 1 amide bonds. The molecule has 0 N–H and O–H groups in total. The van der Waals surface area contributed by atoms with E-state index in [0.29, 0.717) is 24.4 Å². The normalized spacial score (nSPS) is 19.9. The van der Waals surface area contributed by atoms with Crippen molar-refractivity contribution in [2.45, 2.75) is 39.2 Å². The Kier molecular flexibility index (Phi) is 4.57. The summed E-state index contributed by atoms with van der Waals surface area (Å²) in [5, 5.41) is 9.10. The van der Waals surface area contributed by atoms with E-state index in [0.717, 1.165) is 31.4 Å². The third kappa shape index (κ3) is 3.35. The van der Waals surface area contributed by atoms with Crippen molar-refractivity contribution in [1.82, 2.24) is 4.90 Å². The highest BCUT2D eigenvalue weighted by atomic mass is 16.2. The third-order valence-electron chi connectivity index (χ3n) is 4.00. The van der Waals surface area contributed by atoms with Crippen LogP contribution < -0.4 is 0 Å². The van der Waals surface area contributed by atoms with Crippen LogP contribution in [0.1, 0.15) is 43.7 Å². The molecular formula is C16H20N2O. The van der Waals surface area contributed by atoms with Gasteiger partial charge in [0.15, 0.2) is 0 Å². The lowest BCUT2D eigenvalue weighted by atomic mass is 9.98. The number of nitrogens with zero attached hydrogens (tertiary/aromatic N) is 2. The summed E-state index contributed by atoms with van der Waals surface area (Å²) in [6, 6.07) is 9.73. The maximum Gasteiger partial charge on any atom is 0.222 e. The molecule has 0 aliphatic carbocycles. The van der Waals surface area contributed by atoms with Gasteiger partial charge in [-0.05, 0) is 30.4 Å². The van der Waals surface area contributed by atoms with E-state index in [1.54, 1.807) is 0 Å². The zero-order valence-corrected chi connectivity index (χ0v) is 11.4. The molecule has 1 unspecified atom stereocenters. The number of hydrogen-bond acceptors (Lipinski definition) is 2. The van der Waals surface area contributed by atoms with Gasteiger partial charge in [0.1, 0.15) is 0 Å². The highest BCUT2D eigenvalue weighted by molar-refractivity contribution is 5.76. The summed E-state index contributed by atoms with van der Waals surface area (Å²) < 4.78 is 0. The minimum absolute atomic E-state index is 0.226. The molecule has 1 aromatic carbocycles. The first-order valence-corrected chi connectivity index (χ1v) is 7.00. The molecule has 1 aromatic rings. The minimum Gasteiger partial charge on any atom is -0.338 e. The molecule has 0 radical (unpaired) electrons. The number of likely N-dealkylation sites (tertiary alicyclic amines) is 1. The molecule has 100 valence electrons. The Hall–Kier alpha value is -1.82. The van der Waals surface area contributed by atoms with Gasteiger partial charge < -0.3 is 4.90 Å². The van der Waals surface area contributed by atoms with Crippen molar-refractivity contribution in [2.75, 3.05) is 6.54 Å². The second-order valence-corrected chi connectivity index (χ2v) is 5.19. The van der Waals surface area contributed by atoms with Crippen molar-refractivity contribution in [3.63, 3.8) is 0 Å². The molecule has 3 heteroatoms. The molecule has 0 bridgehead atoms. The van der Waals surface area contributed by atoms with Gasteiger partial charge in [-0.2, -0.15) is 5.26 Å². The smallest absolute Gasteiger partial charge is 0.222 e. The van der Waals surface area contributed by atoms with Crippen LogP contribution in [-0.2, 0) is 11.3 Å². The van der Waals surface area contributed by atoms with Crippen LogP contribution in [-0.4, -0.2) is 17.4 Å². The van der Waals surface area contributed by atoms with Crippen molar-refractivity contribution in [3.8, 4) is 6.07 Å². The highest BCUT2D eigenvalue weighted by Gasteiger charge is 2.22. The molecule has 3 nitrogen and oxygen atoms in total. The van der Waals surface area contributed by atoms with E-state index in [-0.39, 0.29) is 5.91 Å².